The second-order valence-corrected chi connectivity index (χ2v) is 5.88. The molecule has 0 saturated carbocycles. The quantitative estimate of drug-likeness (QED) is 0.906. The summed E-state index contributed by atoms with van der Waals surface area (Å²) < 4.78 is 5.76. The fourth-order valence-corrected chi connectivity index (χ4v) is 2.88. The van der Waals surface area contributed by atoms with Crippen LogP contribution in [-0.2, 0) is 4.79 Å². The lowest BCUT2D eigenvalue weighted by atomic mass is 9.95. The van der Waals surface area contributed by atoms with Crippen molar-refractivity contribution in [1.82, 2.24) is 4.90 Å². The summed E-state index contributed by atoms with van der Waals surface area (Å²) in [4.78, 5) is 14.4. The van der Waals surface area contributed by atoms with E-state index in [1.54, 1.807) is 6.92 Å². The van der Waals surface area contributed by atoms with Gasteiger partial charge in [-0.3, -0.25) is 4.79 Å². The van der Waals surface area contributed by atoms with Crippen LogP contribution in [0.3, 0.4) is 0 Å². The number of ether oxygens (including phenoxy) is 1. The zero-order chi connectivity index (χ0) is 15.2. The van der Waals surface area contributed by atoms with Gasteiger partial charge >= 0.3 is 0 Å². The predicted octanol–water partition coefficient (Wildman–Crippen LogP) is 2.38. The van der Waals surface area contributed by atoms with E-state index in [2.05, 4.69) is 0 Å². The first kappa shape index (κ1) is 15.8. The Morgan fingerprint density at radius 1 is 1.52 bits per heavy atom. The summed E-state index contributed by atoms with van der Waals surface area (Å²) in [6.07, 6.45) is 2.40. The number of benzene rings is 1. The first-order valence-corrected chi connectivity index (χ1v) is 7.73. The van der Waals surface area contributed by atoms with Gasteiger partial charge in [0.1, 0.15) is 5.75 Å². The normalized spacial score (nSPS) is 20.1. The van der Waals surface area contributed by atoms with Gasteiger partial charge in [-0.2, -0.15) is 0 Å². The second kappa shape index (κ2) is 7.46. The van der Waals surface area contributed by atoms with Gasteiger partial charge in [0.25, 0.3) is 5.91 Å². The Morgan fingerprint density at radius 3 is 3.05 bits per heavy atom. The molecule has 1 amide bonds. The highest BCUT2D eigenvalue weighted by Crippen LogP contribution is 2.21. The van der Waals surface area contributed by atoms with Gasteiger partial charge in [0.15, 0.2) is 6.10 Å². The van der Waals surface area contributed by atoms with Gasteiger partial charge in [-0.1, -0.05) is 12.1 Å². The van der Waals surface area contributed by atoms with E-state index in [0.29, 0.717) is 5.92 Å². The third-order valence-electron chi connectivity index (χ3n) is 4.02. The van der Waals surface area contributed by atoms with Gasteiger partial charge in [0, 0.05) is 19.7 Å². The monoisotopic (exact) mass is 291 g/mol. The lowest BCUT2D eigenvalue weighted by molar-refractivity contribution is -0.139. The minimum Gasteiger partial charge on any atom is -0.481 e. The van der Waals surface area contributed by atoms with Crippen molar-refractivity contribution in [2.24, 2.45) is 5.92 Å². The van der Waals surface area contributed by atoms with Crippen LogP contribution in [0.1, 0.15) is 31.7 Å². The molecule has 4 heteroatoms. The lowest BCUT2D eigenvalue weighted by Crippen LogP contribution is -2.45. The van der Waals surface area contributed by atoms with Gasteiger partial charge in [-0.25, -0.2) is 0 Å². The molecule has 2 rings (SSSR count). The molecule has 1 N–H and O–H groups in total. The molecular weight excluding hydrogens is 266 g/mol. The molecule has 1 aromatic rings. The number of nitrogens with zero attached hydrogens (tertiary/aromatic N) is 1. The first-order chi connectivity index (χ1) is 10.1. The molecule has 116 valence electrons. The third-order valence-corrected chi connectivity index (χ3v) is 4.02. The molecule has 4 nitrogen and oxygen atoms in total. The van der Waals surface area contributed by atoms with Gasteiger partial charge < -0.3 is 14.7 Å². The number of likely N-dealkylation sites (tertiary alicyclic amines) is 1. The molecule has 2 atom stereocenters. The number of carbonyl (C=O) groups is 1. The Kier molecular flexibility index (Phi) is 5.62. The minimum atomic E-state index is -0.473. The van der Waals surface area contributed by atoms with Crippen molar-refractivity contribution in [3.05, 3.63) is 29.8 Å². The van der Waals surface area contributed by atoms with Crippen molar-refractivity contribution < 1.29 is 14.6 Å². The zero-order valence-electron chi connectivity index (χ0n) is 12.9. The molecule has 1 aliphatic heterocycles. The molecule has 1 saturated heterocycles. The maximum absolute atomic E-state index is 12.5. The Morgan fingerprint density at radius 2 is 2.33 bits per heavy atom. The summed E-state index contributed by atoms with van der Waals surface area (Å²) in [5.74, 6) is 1.19. The smallest absolute Gasteiger partial charge is 0.263 e. The number of aliphatic hydroxyl groups is 1. The van der Waals surface area contributed by atoms with E-state index in [1.165, 1.54) is 0 Å². The number of aliphatic hydroxyl groups excluding tert-OH is 1. The molecule has 0 bridgehead atoms. The van der Waals surface area contributed by atoms with Crippen LogP contribution >= 0.6 is 0 Å². The van der Waals surface area contributed by atoms with Crippen molar-refractivity contribution in [1.29, 1.82) is 0 Å². The second-order valence-electron chi connectivity index (χ2n) is 5.88. The zero-order valence-corrected chi connectivity index (χ0v) is 12.9. The molecule has 1 heterocycles. The maximum atomic E-state index is 12.5. The van der Waals surface area contributed by atoms with E-state index in [-0.39, 0.29) is 12.5 Å². The first-order valence-electron chi connectivity index (χ1n) is 7.73. The molecule has 0 aliphatic carbocycles. The fraction of sp³-hybridized carbons (Fsp3) is 0.588. The van der Waals surface area contributed by atoms with Crippen LogP contribution in [0.5, 0.6) is 5.75 Å². The Bertz CT molecular complexity index is 473. The van der Waals surface area contributed by atoms with Gasteiger partial charge in [-0.05, 0) is 56.7 Å². The number of carbonyl (C=O) groups excluding carboxylic acids is 1. The van der Waals surface area contributed by atoms with Crippen LogP contribution in [0.4, 0.5) is 0 Å². The largest absolute Gasteiger partial charge is 0.481 e. The average molecular weight is 291 g/mol. The SMILES string of the molecule is Cc1cccc(OC(C)C(=O)N2CCCC(CCO)C2)c1. The summed E-state index contributed by atoms with van der Waals surface area (Å²) in [7, 11) is 0. The molecule has 1 fully saturated rings. The van der Waals surface area contributed by atoms with Crippen LogP contribution < -0.4 is 4.74 Å². The molecule has 1 aromatic carbocycles. The molecule has 0 spiro atoms. The minimum absolute atomic E-state index is 0.0409. The molecule has 2 unspecified atom stereocenters. The molecule has 0 radical (unpaired) electrons. The van der Waals surface area contributed by atoms with Gasteiger partial charge in [0.05, 0.1) is 0 Å². The fourth-order valence-electron chi connectivity index (χ4n) is 2.88. The van der Waals surface area contributed by atoms with E-state index in [9.17, 15) is 4.79 Å². The van der Waals surface area contributed by atoms with Crippen molar-refractivity contribution in [3.8, 4) is 5.75 Å². The molecule has 21 heavy (non-hydrogen) atoms. The van der Waals surface area contributed by atoms with Crippen LogP contribution in [0, 0.1) is 12.8 Å². The standard InChI is InChI=1S/C17H25NO3/c1-13-5-3-7-16(11-13)21-14(2)17(20)18-9-4-6-15(12-18)8-10-19/h3,5,7,11,14-15,19H,4,6,8-10,12H2,1-2H3. The lowest BCUT2D eigenvalue weighted by Gasteiger charge is -2.34. The highest BCUT2D eigenvalue weighted by molar-refractivity contribution is 5.81. The van der Waals surface area contributed by atoms with Crippen LogP contribution in [0.15, 0.2) is 24.3 Å². The van der Waals surface area contributed by atoms with Crippen molar-refractivity contribution in [3.63, 3.8) is 0 Å². The van der Waals surface area contributed by atoms with E-state index < -0.39 is 6.10 Å². The van der Waals surface area contributed by atoms with Crippen molar-refractivity contribution in [2.75, 3.05) is 19.7 Å². The highest BCUT2D eigenvalue weighted by Gasteiger charge is 2.27. The van der Waals surface area contributed by atoms with Crippen LogP contribution in [0.2, 0.25) is 0 Å². The Balaban J connectivity index is 1.92. The summed E-state index contributed by atoms with van der Waals surface area (Å²) >= 11 is 0. The number of hydrogen-bond acceptors (Lipinski definition) is 3. The van der Waals surface area contributed by atoms with Gasteiger partial charge in [-0.15, -0.1) is 0 Å². The molecular formula is C17H25NO3. The summed E-state index contributed by atoms with van der Waals surface area (Å²) in [6.45, 7) is 5.54. The van der Waals surface area contributed by atoms with E-state index in [4.69, 9.17) is 9.84 Å². The number of aryl methyl sites for hydroxylation is 1. The predicted molar refractivity (Wildman–Crippen MR) is 82.3 cm³/mol. The van der Waals surface area contributed by atoms with Crippen molar-refractivity contribution >= 4 is 5.91 Å². The summed E-state index contributed by atoms with van der Waals surface area (Å²) in [5, 5.41) is 9.05. The maximum Gasteiger partial charge on any atom is 0.263 e. The van der Waals surface area contributed by atoms with E-state index >= 15 is 0 Å². The Labute approximate surface area is 126 Å². The Hall–Kier alpha value is -1.55. The number of hydrogen-bond donors (Lipinski definition) is 1. The van der Waals surface area contributed by atoms with Crippen LogP contribution in [-0.4, -0.2) is 41.7 Å². The average Bonchev–Trinajstić information content (AvgIpc) is 2.47. The molecule has 1 aliphatic rings. The summed E-state index contributed by atoms with van der Waals surface area (Å²) in [6, 6.07) is 7.75. The number of amides is 1. The topological polar surface area (TPSA) is 49.8 Å². The van der Waals surface area contributed by atoms with Crippen molar-refractivity contribution in [2.45, 2.75) is 39.2 Å². The van der Waals surface area contributed by atoms with Crippen LogP contribution in [0.25, 0.3) is 0 Å². The number of piperidine rings is 1. The van der Waals surface area contributed by atoms with E-state index in [1.807, 2.05) is 36.1 Å². The number of rotatable bonds is 5. The van der Waals surface area contributed by atoms with E-state index in [0.717, 1.165) is 43.7 Å². The highest BCUT2D eigenvalue weighted by atomic mass is 16.5. The third kappa shape index (κ3) is 4.46. The summed E-state index contributed by atoms with van der Waals surface area (Å²) in [5.41, 5.74) is 1.12. The molecule has 0 aromatic heterocycles. The van der Waals surface area contributed by atoms with Gasteiger partial charge in [0.2, 0.25) is 0 Å².